The molecule has 0 bridgehead atoms. The number of para-hydroxylation sites is 2. The Morgan fingerprint density at radius 3 is 2.79 bits per heavy atom. The Bertz CT molecular complexity index is 851. The molecule has 126 valence electrons. The molecular formula is C16H21N7O. The van der Waals surface area contributed by atoms with Crippen molar-refractivity contribution in [1.29, 1.82) is 0 Å². The highest BCUT2D eigenvalue weighted by Crippen LogP contribution is 2.24. The van der Waals surface area contributed by atoms with Gasteiger partial charge < -0.3 is 15.6 Å². The second kappa shape index (κ2) is 6.69. The summed E-state index contributed by atoms with van der Waals surface area (Å²) in [5.41, 5.74) is 7.35. The lowest BCUT2D eigenvalue weighted by Gasteiger charge is -2.19. The van der Waals surface area contributed by atoms with Crippen molar-refractivity contribution in [2.24, 2.45) is 0 Å². The van der Waals surface area contributed by atoms with Gasteiger partial charge in [-0.05, 0) is 18.6 Å². The number of nitrogens with one attached hydrogen (secondary N) is 2. The summed E-state index contributed by atoms with van der Waals surface area (Å²) < 4.78 is 2.03. The normalized spacial score (nSPS) is 12.4. The molecule has 0 aliphatic carbocycles. The number of fused-ring (bicyclic) bond motifs is 1. The first-order valence-corrected chi connectivity index (χ1v) is 8.04. The highest BCUT2D eigenvalue weighted by atomic mass is 16.2. The maximum atomic E-state index is 12.7. The lowest BCUT2D eigenvalue weighted by Crippen LogP contribution is -2.33. The van der Waals surface area contributed by atoms with Crippen molar-refractivity contribution in [1.82, 2.24) is 30.0 Å². The zero-order valence-electron chi connectivity index (χ0n) is 13.8. The topological polar surface area (TPSA) is 115 Å². The predicted octanol–water partition coefficient (Wildman–Crippen LogP) is 1.57. The predicted molar refractivity (Wildman–Crippen MR) is 91.1 cm³/mol. The van der Waals surface area contributed by atoms with Crippen molar-refractivity contribution in [2.75, 3.05) is 5.73 Å². The minimum atomic E-state index is -0.326. The molecule has 8 heteroatoms. The first-order chi connectivity index (χ1) is 11.6. The molecule has 0 aliphatic rings. The standard InChI is InChI=1S/C16H21N7O/c1-3-11(15(24)18-9-13-20-16(17)22-21-13)23-12-8-6-5-7-10(12)19-14(23)4-2/h5-8,11H,3-4,9H2,1-2H3,(H,18,24)(H3,17,20,21,22). The van der Waals surface area contributed by atoms with Crippen molar-refractivity contribution in [3.63, 3.8) is 0 Å². The Kier molecular flexibility index (Phi) is 4.45. The van der Waals surface area contributed by atoms with E-state index in [0.717, 1.165) is 23.3 Å². The molecule has 2 aromatic heterocycles. The van der Waals surface area contributed by atoms with Gasteiger partial charge in [0.2, 0.25) is 11.9 Å². The van der Waals surface area contributed by atoms with Crippen LogP contribution in [-0.2, 0) is 17.8 Å². The molecule has 24 heavy (non-hydrogen) atoms. The van der Waals surface area contributed by atoms with Crippen molar-refractivity contribution < 1.29 is 4.79 Å². The fourth-order valence-corrected chi connectivity index (χ4v) is 2.85. The van der Waals surface area contributed by atoms with E-state index in [1.165, 1.54) is 0 Å². The molecule has 1 atom stereocenters. The number of benzene rings is 1. The highest BCUT2D eigenvalue weighted by Gasteiger charge is 2.23. The third kappa shape index (κ3) is 2.94. The number of anilines is 1. The van der Waals surface area contributed by atoms with Crippen LogP contribution in [0.2, 0.25) is 0 Å². The van der Waals surface area contributed by atoms with Gasteiger partial charge in [0.15, 0.2) is 0 Å². The number of carbonyl (C=O) groups is 1. The number of nitrogens with zero attached hydrogens (tertiary/aromatic N) is 4. The monoisotopic (exact) mass is 327 g/mol. The number of nitrogen functional groups attached to an aromatic ring is 1. The summed E-state index contributed by atoms with van der Waals surface area (Å²) in [5, 5.41) is 9.33. The summed E-state index contributed by atoms with van der Waals surface area (Å²) in [4.78, 5) is 21.3. The minimum Gasteiger partial charge on any atom is -0.367 e. The number of carbonyl (C=O) groups excluding carboxylic acids is 1. The van der Waals surface area contributed by atoms with Crippen LogP contribution < -0.4 is 11.1 Å². The maximum absolute atomic E-state index is 12.7. The number of H-pyrrole nitrogens is 1. The zero-order chi connectivity index (χ0) is 17.1. The Morgan fingerprint density at radius 2 is 2.12 bits per heavy atom. The molecule has 0 spiro atoms. The third-order valence-electron chi connectivity index (χ3n) is 3.97. The van der Waals surface area contributed by atoms with Crippen molar-refractivity contribution >= 4 is 22.9 Å². The van der Waals surface area contributed by atoms with Gasteiger partial charge in [-0.3, -0.25) is 9.89 Å². The van der Waals surface area contributed by atoms with Crippen LogP contribution >= 0.6 is 0 Å². The van der Waals surface area contributed by atoms with Gasteiger partial charge in [0, 0.05) is 6.42 Å². The molecular weight excluding hydrogens is 306 g/mol. The van der Waals surface area contributed by atoms with E-state index < -0.39 is 0 Å². The van der Waals surface area contributed by atoms with E-state index >= 15 is 0 Å². The van der Waals surface area contributed by atoms with Crippen LogP contribution in [0, 0.1) is 0 Å². The Labute approximate surface area is 139 Å². The molecule has 8 nitrogen and oxygen atoms in total. The number of amides is 1. The number of nitrogens with two attached hydrogens (primary N) is 1. The van der Waals surface area contributed by atoms with Crippen molar-refractivity contribution in [3.05, 3.63) is 35.9 Å². The molecule has 1 amide bonds. The number of imidazole rings is 1. The van der Waals surface area contributed by atoms with Gasteiger partial charge in [-0.1, -0.05) is 26.0 Å². The number of hydrogen-bond donors (Lipinski definition) is 3. The molecule has 1 unspecified atom stereocenters. The van der Waals surface area contributed by atoms with Gasteiger partial charge in [0.05, 0.1) is 17.6 Å². The Morgan fingerprint density at radius 1 is 1.33 bits per heavy atom. The number of aromatic nitrogens is 5. The number of rotatable bonds is 6. The molecule has 1 aromatic carbocycles. The molecule has 0 radical (unpaired) electrons. The third-order valence-corrected chi connectivity index (χ3v) is 3.97. The smallest absolute Gasteiger partial charge is 0.243 e. The van der Waals surface area contributed by atoms with Crippen LogP contribution in [0.15, 0.2) is 24.3 Å². The lowest BCUT2D eigenvalue weighted by molar-refractivity contribution is -0.124. The summed E-state index contributed by atoms with van der Waals surface area (Å²) >= 11 is 0. The molecule has 2 heterocycles. The van der Waals surface area contributed by atoms with E-state index in [1.54, 1.807) is 0 Å². The van der Waals surface area contributed by atoms with Crippen LogP contribution in [0.5, 0.6) is 0 Å². The van der Waals surface area contributed by atoms with Gasteiger partial charge in [-0.25, -0.2) is 4.98 Å². The molecule has 3 aromatic rings. The average molecular weight is 327 g/mol. The summed E-state index contributed by atoms with van der Waals surface area (Å²) in [5.74, 6) is 1.52. The Balaban J connectivity index is 1.86. The minimum absolute atomic E-state index is 0.0784. The molecule has 4 N–H and O–H groups in total. The van der Waals surface area contributed by atoms with E-state index in [0.29, 0.717) is 12.2 Å². The first-order valence-electron chi connectivity index (χ1n) is 8.04. The number of hydrogen-bond acceptors (Lipinski definition) is 5. The molecule has 0 saturated heterocycles. The number of aromatic amines is 1. The fraction of sp³-hybridized carbons (Fsp3) is 0.375. The van der Waals surface area contributed by atoms with Crippen LogP contribution in [0.25, 0.3) is 11.0 Å². The average Bonchev–Trinajstić information content (AvgIpc) is 3.17. The molecule has 0 fully saturated rings. The van der Waals surface area contributed by atoms with Gasteiger partial charge in [-0.15, -0.1) is 5.10 Å². The van der Waals surface area contributed by atoms with Crippen LogP contribution in [-0.4, -0.2) is 30.6 Å². The lowest BCUT2D eigenvalue weighted by atomic mass is 10.2. The Hall–Kier alpha value is -2.90. The van der Waals surface area contributed by atoms with E-state index in [2.05, 4.69) is 25.5 Å². The van der Waals surface area contributed by atoms with Crippen LogP contribution in [0.3, 0.4) is 0 Å². The quantitative estimate of drug-likeness (QED) is 0.635. The maximum Gasteiger partial charge on any atom is 0.243 e. The number of aryl methyl sites for hydroxylation is 1. The van der Waals surface area contributed by atoms with E-state index in [4.69, 9.17) is 5.73 Å². The second-order valence-corrected chi connectivity index (χ2v) is 5.52. The fourth-order valence-electron chi connectivity index (χ4n) is 2.85. The van der Waals surface area contributed by atoms with E-state index in [-0.39, 0.29) is 24.4 Å². The summed E-state index contributed by atoms with van der Waals surface area (Å²) in [6.45, 7) is 4.29. The molecule has 0 saturated carbocycles. The summed E-state index contributed by atoms with van der Waals surface area (Å²) in [7, 11) is 0. The van der Waals surface area contributed by atoms with E-state index in [9.17, 15) is 4.79 Å². The highest BCUT2D eigenvalue weighted by molar-refractivity contribution is 5.84. The van der Waals surface area contributed by atoms with Gasteiger partial charge in [-0.2, -0.15) is 4.98 Å². The summed E-state index contributed by atoms with van der Waals surface area (Å²) in [6.07, 6.45) is 1.43. The van der Waals surface area contributed by atoms with E-state index in [1.807, 2.05) is 42.7 Å². The summed E-state index contributed by atoms with van der Waals surface area (Å²) in [6, 6.07) is 7.55. The van der Waals surface area contributed by atoms with Crippen LogP contribution in [0.4, 0.5) is 5.95 Å². The first kappa shape index (κ1) is 16.0. The van der Waals surface area contributed by atoms with Gasteiger partial charge in [0.25, 0.3) is 0 Å². The largest absolute Gasteiger partial charge is 0.367 e. The SMILES string of the molecule is CCc1nc2ccccc2n1C(CC)C(=O)NCc1nc(N)n[nH]1. The molecule has 0 aliphatic heterocycles. The second-order valence-electron chi connectivity index (χ2n) is 5.52. The van der Waals surface area contributed by atoms with Gasteiger partial charge >= 0.3 is 0 Å². The van der Waals surface area contributed by atoms with Crippen molar-refractivity contribution in [2.45, 2.75) is 39.3 Å². The van der Waals surface area contributed by atoms with Crippen LogP contribution in [0.1, 0.15) is 38.0 Å². The van der Waals surface area contributed by atoms with Gasteiger partial charge in [0.1, 0.15) is 17.7 Å². The van der Waals surface area contributed by atoms with Crippen molar-refractivity contribution in [3.8, 4) is 0 Å². The zero-order valence-corrected chi connectivity index (χ0v) is 13.8. The molecule has 3 rings (SSSR count).